The fourth-order valence-corrected chi connectivity index (χ4v) is 2.50. The Kier molecular flexibility index (Phi) is 4.10. The minimum absolute atomic E-state index is 0.155. The van der Waals surface area contributed by atoms with Crippen LogP contribution in [0.1, 0.15) is 27.7 Å². The normalized spacial score (nSPS) is 27.6. The Bertz CT molecular complexity index is 368. The first-order valence-corrected chi connectivity index (χ1v) is 6.41. The second-order valence-electron chi connectivity index (χ2n) is 5.31. The third-order valence-electron chi connectivity index (χ3n) is 2.39. The van der Waals surface area contributed by atoms with Crippen LogP contribution in [0.3, 0.4) is 0 Å². The van der Waals surface area contributed by atoms with Crippen molar-refractivity contribution in [2.24, 2.45) is 5.41 Å². The predicted octanol–water partition coefficient (Wildman–Crippen LogP) is 2.67. The van der Waals surface area contributed by atoms with Gasteiger partial charge in [-0.15, -0.1) is 11.8 Å². The molecule has 1 heterocycles. The van der Waals surface area contributed by atoms with Gasteiger partial charge in [0.2, 0.25) is 0 Å². The molecule has 94 valence electrons. The summed E-state index contributed by atoms with van der Waals surface area (Å²) in [6, 6.07) is 2.23. The van der Waals surface area contributed by atoms with Gasteiger partial charge in [0.05, 0.1) is 6.07 Å². The van der Waals surface area contributed by atoms with Crippen LogP contribution in [0.5, 0.6) is 0 Å². The van der Waals surface area contributed by atoms with Gasteiger partial charge in [0.15, 0.2) is 0 Å². The summed E-state index contributed by atoms with van der Waals surface area (Å²) >= 11 is 1.48. The van der Waals surface area contributed by atoms with Gasteiger partial charge in [0, 0.05) is 12.0 Å². The van der Waals surface area contributed by atoms with Crippen molar-refractivity contribution in [3.05, 3.63) is 11.5 Å². The highest BCUT2D eigenvalue weighted by molar-refractivity contribution is 8.03. The van der Waals surface area contributed by atoms with Crippen molar-refractivity contribution in [1.82, 2.24) is 5.32 Å². The molecule has 1 N–H and O–H groups in total. The Hall–Kier alpha value is -1.15. The minimum atomic E-state index is -0.500. The highest BCUT2D eigenvalue weighted by Gasteiger charge is 2.36. The first-order valence-electron chi connectivity index (χ1n) is 5.46. The van der Waals surface area contributed by atoms with Gasteiger partial charge in [0.25, 0.3) is 0 Å². The lowest BCUT2D eigenvalue weighted by Crippen LogP contribution is -2.41. The zero-order valence-electron chi connectivity index (χ0n) is 10.6. The van der Waals surface area contributed by atoms with Crippen LogP contribution in [0.2, 0.25) is 0 Å². The topological polar surface area (TPSA) is 62.1 Å². The standard InChI is InChI=1S/C12H18N2O2S/c1-11(2,3)16-10(15)14-8-12(4)5-6-17-9(12)7-13/h5-6,9H,8H2,1-4H3,(H,14,15). The summed E-state index contributed by atoms with van der Waals surface area (Å²) in [7, 11) is 0. The lowest BCUT2D eigenvalue weighted by molar-refractivity contribution is 0.0513. The first-order chi connectivity index (χ1) is 7.77. The average Bonchev–Trinajstić information content (AvgIpc) is 2.55. The highest BCUT2D eigenvalue weighted by Crippen LogP contribution is 2.39. The molecule has 2 atom stereocenters. The fourth-order valence-electron chi connectivity index (χ4n) is 1.42. The molecule has 5 heteroatoms. The summed E-state index contributed by atoms with van der Waals surface area (Å²) in [6.45, 7) is 7.81. The van der Waals surface area contributed by atoms with Crippen LogP contribution in [0.25, 0.3) is 0 Å². The number of nitriles is 1. The van der Waals surface area contributed by atoms with Crippen LogP contribution in [-0.2, 0) is 4.74 Å². The molecule has 1 amide bonds. The number of hydrogen-bond acceptors (Lipinski definition) is 4. The molecule has 0 aromatic heterocycles. The third-order valence-corrected chi connectivity index (χ3v) is 3.60. The van der Waals surface area contributed by atoms with Gasteiger partial charge in [-0.1, -0.05) is 13.0 Å². The van der Waals surface area contributed by atoms with Crippen molar-refractivity contribution in [2.75, 3.05) is 6.54 Å². The number of alkyl carbamates (subject to hydrolysis) is 1. The molecular formula is C12H18N2O2S. The van der Waals surface area contributed by atoms with E-state index in [9.17, 15) is 4.79 Å². The van der Waals surface area contributed by atoms with Crippen LogP contribution < -0.4 is 5.32 Å². The Morgan fingerprint density at radius 3 is 2.82 bits per heavy atom. The van der Waals surface area contributed by atoms with E-state index in [2.05, 4.69) is 11.4 Å². The minimum Gasteiger partial charge on any atom is -0.444 e. The molecule has 0 aliphatic carbocycles. The van der Waals surface area contributed by atoms with Gasteiger partial charge in [-0.3, -0.25) is 0 Å². The van der Waals surface area contributed by atoms with E-state index in [0.29, 0.717) is 6.54 Å². The van der Waals surface area contributed by atoms with E-state index in [4.69, 9.17) is 10.00 Å². The van der Waals surface area contributed by atoms with Crippen LogP contribution in [0.15, 0.2) is 11.5 Å². The zero-order valence-corrected chi connectivity index (χ0v) is 11.4. The largest absolute Gasteiger partial charge is 0.444 e. The van der Waals surface area contributed by atoms with Crippen molar-refractivity contribution >= 4 is 17.9 Å². The maximum absolute atomic E-state index is 11.5. The van der Waals surface area contributed by atoms with Gasteiger partial charge in [-0.2, -0.15) is 5.26 Å². The molecule has 2 unspecified atom stereocenters. The smallest absolute Gasteiger partial charge is 0.407 e. The summed E-state index contributed by atoms with van der Waals surface area (Å²) in [6.07, 6.45) is 1.52. The third kappa shape index (κ3) is 3.97. The van der Waals surface area contributed by atoms with E-state index in [1.165, 1.54) is 11.8 Å². The second kappa shape index (κ2) is 5.01. The Morgan fingerprint density at radius 1 is 1.65 bits per heavy atom. The quantitative estimate of drug-likeness (QED) is 0.823. The summed E-state index contributed by atoms with van der Waals surface area (Å²) < 4.78 is 5.15. The molecule has 1 aliphatic rings. The molecule has 0 bridgehead atoms. The zero-order chi connectivity index (χ0) is 13.1. The number of hydrogen-bond donors (Lipinski definition) is 1. The number of thioether (sulfide) groups is 1. The summed E-state index contributed by atoms with van der Waals surface area (Å²) in [5.74, 6) is 0. The summed E-state index contributed by atoms with van der Waals surface area (Å²) in [5, 5.41) is 13.5. The molecule has 17 heavy (non-hydrogen) atoms. The molecule has 1 aliphatic heterocycles. The number of nitrogens with zero attached hydrogens (tertiary/aromatic N) is 1. The molecule has 0 spiro atoms. The SMILES string of the molecule is CC(C)(C)OC(=O)NCC1(C)C=CSC1C#N. The van der Waals surface area contributed by atoms with Crippen molar-refractivity contribution in [2.45, 2.75) is 38.5 Å². The molecule has 0 aromatic carbocycles. The van der Waals surface area contributed by atoms with Crippen LogP contribution in [-0.4, -0.2) is 23.5 Å². The lowest BCUT2D eigenvalue weighted by atomic mass is 9.87. The predicted molar refractivity (Wildman–Crippen MR) is 68.5 cm³/mol. The van der Waals surface area contributed by atoms with E-state index < -0.39 is 11.7 Å². The summed E-state index contributed by atoms with van der Waals surface area (Å²) in [5.41, 5.74) is -0.823. The molecule has 1 rings (SSSR count). The van der Waals surface area contributed by atoms with Crippen LogP contribution in [0, 0.1) is 16.7 Å². The molecule has 0 aromatic rings. The van der Waals surface area contributed by atoms with E-state index in [-0.39, 0.29) is 10.7 Å². The monoisotopic (exact) mass is 254 g/mol. The lowest BCUT2D eigenvalue weighted by Gasteiger charge is -2.27. The number of amides is 1. The number of ether oxygens (including phenoxy) is 1. The first kappa shape index (κ1) is 13.9. The molecular weight excluding hydrogens is 236 g/mol. The van der Waals surface area contributed by atoms with Gasteiger partial charge >= 0.3 is 6.09 Å². The van der Waals surface area contributed by atoms with E-state index >= 15 is 0 Å². The van der Waals surface area contributed by atoms with E-state index in [1.807, 2.05) is 39.2 Å². The van der Waals surface area contributed by atoms with Crippen LogP contribution in [0.4, 0.5) is 4.79 Å². The average molecular weight is 254 g/mol. The van der Waals surface area contributed by atoms with Crippen molar-refractivity contribution in [3.63, 3.8) is 0 Å². The van der Waals surface area contributed by atoms with Gasteiger partial charge in [0.1, 0.15) is 10.9 Å². The Labute approximate surface area is 106 Å². The van der Waals surface area contributed by atoms with Crippen LogP contribution >= 0.6 is 11.8 Å². The number of rotatable bonds is 2. The highest BCUT2D eigenvalue weighted by atomic mass is 32.2. The van der Waals surface area contributed by atoms with E-state index in [0.717, 1.165) is 0 Å². The fraction of sp³-hybridized carbons (Fsp3) is 0.667. The molecule has 4 nitrogen and oxygen atoms in total. The van der Waals surface area contributed by atoms with Gasteiger partial charge in [-0.25, -0.2) is 4.79 Å². The van der Waals surface area contributed by atoms with Gasteiger partial charge < -0.3 is 10.1 Å². The molecule has 0 saturated heterocycles. The second-order valence-corrected chi connectivity index (χ2v) is 6.32. The number of carbonyl (C=O) groups excluding carboxylic acids is 1. The molecule has 0 saturated carbocycles. The Morgan fingerprint density at radius 2 is 2.29 bits per heavy atom. The summed E-state index contributed by atoms with van der Waals surface area (Å²) in [4.78, 5) is 11.5. The molecule has 0 radical (unpaired) electrons. The van der Waals surface area contributed by atoms with Crippen molar-refractivity contribution < 1.29 is 9.53 Å². The number of nitrogens with one attached hydrogen (secondary N) is 1. The number of carbonyl (C=O) groups is 1. The maximum Gasteiger partial charge on any atom is 0.407 e. The maximum atomic E-state index is 11.5. The van der Waals surface area contributed by atoms with E-state index in [1.54, 1.807) is 0 Å². The van der Waals surface area contributed by atoms with Gasteiger partial charge in [-0.05, 0) is 26.2 Å². The Balaban J connectivity index is 2.48. The van der Waals surface area contributed by atoms with Crippen molar-refractivity contribution in [3.8, 4) is 6.07 Å². The molecule has 0 fully saturated rings. The van der Waals surface area contributed by atoms with Crippen molar-refractivity contribution in [1.29, 1.82) is 5.26 Å².